The molecule has 4 atom stereocenters. The Morgan fingerprint density at radius 2 is 0.875 bits per heavy atom. The van der Waals surface area contributed by atoms with Gasteiger partial charge in [0.05, 0.1) is 8.52 Å². The number of allylic oxidation sites excluding steroid dienone is 11. The molecule has 0 aromatic heterocycles. The molecule has 26 heteroatoms. The predicted molar refractivity (Wildman–Crippen MR) is 332 cm³/mol. The minimum atomic E-state index is -1.00. The molecule has 4 aliphatic rings. The molecule has 0 aromatic carbocycles. The third-order valence-corrected chi connectivity index (χ3v) is 38.5. The van der Waals surface area contributed by atoms with Crippen molar-refractivity contribution in [2.24, 2.45) is 23.7 Å². The van der Waals surface area contributed by atoms with E-state index in [0.29, 0.717) is 43.4 Å². The molecule has 0 saturated carbocycles. The molecular weight excluding hydrogens is 1290 g/mol. The number of halogens is 2. The van der Waals surface area contributed by atoms with Crippen molar-refractivity contribution in [2.75, 3.05) is 7.15 Å². The molecule has 0 saturated heterocycles. The van der Waals surface area contributed by atoms with Gasteiger partial charge >= 0.3 is 0 Å². The number of hydrogen-bond acceptors (Lipinski definition) is 9. The summed E-state index contributed by atoms with van der Waals surface area (Å²) in [6.45, 7) is 22.4. The molecule has 0 fully saturated rings. The number of ketones is 5. The van der Waals surface area contributed by atoms with Crippen molar-refractivity contribution in [2.45, 2.75) is 92.9 Å². The van der Waals surface area contributed by atoms with Gasteiger partial charge in [-0.05, 0) is 133 Å². The van der Waals surface area contributed by atoms with E-state index >= 15 is 0 Å². The quantitative estimate of drug-likeness (QED) is 0.202. The van der Waals surface area contributed by atoms with Crippen molar-refractivity contribution >= 4 is 229 Å². The molecule has 4 aliphatic carbocycles. The van der Waals surface area contributed by atoms with Crippen molar-refractivity contribution in [1.29, 1.82) is 0 Å². The Hall–Kier alpha value is 1.37. The van der Waals surface area contributed by atoms with E-state index in [4.69, 9.17) is 1.37 Å². The van der Waals surface area contributed by atoms with E-state index in [9.17, 15) is 28.4 Å². The summed E-state index contributed by atoms with van der Waals surface area (Å²) in [4.78, 5) is 55.4. The van der Waals surface area contributed by atoms with Gasteiger partial charge in [0.15, 0.2) is 23.1 Å². The Labute approximate surface area is 457 Å². The molecule has 0 N–H and O–H groups in total. The van der Waals surface area contributed by atoms with Crippen LogP contribution >= 0.6 is 22.6 Å². The first-order valence-electron chi connectivity index (χ1n) is 18.8. The number of Topliss-reactive ketones (excluding diaryl/α,β-unsaturated/α-hetero) is 5. The van der Waals surface area contributed by atoms with E-state index in [1.165, 1.54) is 35.5 Å². The Kier molecular flexibility index (Phi) is 49.3. The smallest absolute Gasteiger partial charge is 0.158 e. The highest BCUT2D eigenvalue weighted by molar-refractivity contribution is 14.1. The van der Waals surface area contributed by atoms with Crippen LogP contribution in [0.2, 0.25) is 0 Å². The van der Waals surface area contributed by atoms with Gasteiger partial charge in [-0.2, -0.15) is 0 Å². The fourth-order valence-electron chi connectivity index (χ4n) is 4.86. The number of alkyl halides is 1. The van der Waals surface area contributed by atoms with Gasteiger partial charge in [0.25, 0.3) is 0 Å². The minimum Gasteiger partial charge on any atom is -0.300 e. The summed E-state index contributed by atoms with van der Waals surface area (Å²) >= 11 is 20.8. The molecule has 4 rings (SSSR count). The van der Waals surface area contributed by atoms with Crippen molar-refractivity contribution in [3.05, 3.63) is 81.6 Å². The monoisotopic (exact) mass is 1340 g/mol. The molecule has 0 spiro atoms. The van der Waals surface area contributed by atoms with Gasteiger partial charge in [-0.1, -0.05) is 49.1 Å². The van der Waals surface area contributed by atoms with Gasteiger partial charge in [0.1, 0.15) is 5.78 Å². The second kappa shape index (κ2) is 46.7. The van der Waals surface area contributed by atoms with Crippen LogP contribution in [0.4, 0.5) is 4.39 Å². The van der Waals surface area contributed by atoms with Crippen LogP contribution in [-0.4, -0.2) is 36.1 Å². The van der Waals surface area contributed by atoms with Crippen molar-refractivity contribution < 1.29 is 29.7 Å². The summed E-state index contributed by atoms with van der Waals surface area (Å²) in [6, 6.07) is 0. The second-order valence-corrected chi connectivity index (χ2v) is 40.9. The molecule has 0 bridgehead atoms. The van der Waals surface area contributed by atoms with Gasteiger partial charge in [-0.15, -0.1) is 6.58 Å². The van der Waals surface area contributed by atoms with E-state index in [2.05, 4.69) is 87.1 Å². The molecular formula is C38H52FIO5S19. The van der Waals surface area contributed by atoms with Gasteiger partial charge < -0.3 is 0 Å². The summed E-state index contributed by atoms with van der Waals surface area (Å²) in [5.74, 6) is 2.19. The molecule has 0 unspecified atom stereocenters. The largest absolute Gasteiger partial charge is 0.300 e. The Morgan fingerprint density at radius 3 is 1.16 bits per heavy atom. The highest BCUT2D eigenvalue weighted by Gasteiger charge is 2.23. The highest BCUT2D eigenvalue weighted by atomic mass is 127. The zero-order chi connectivity index (χ0) is 50.2. The maximum Gasteiger partial charge on any atom is 0.158 e. The van der Waals surface area contributed by atoms with Crippen LogP contribution in [-0.2, 0) is 202 Å². The molecule has 64 heavy (non-hydrogen) atoms. The lowest BCUT2D eigenvalue weighted by molar-refractivity contribution is -0.125. The lowest BCUT2D eigenvalue weighted by Crippen LogP contribution is -2.19. The average Bonchev–Trinajstić information content (AvgIpc) is 3.27. The van der Waals surface area contributed by atoms with Gasteiger partial charge in [0, 0.05) is 210 Å². The topological polar surface area (TPSA) is 85.3 Å². The summed E-state index contributed by atoms with van der Waals surface area (Å²) < 4.78 is 16.6. The molecule has 5 nitrogen and oxygen atoms in total. The summed E-state index contributed by atoms with van der Waals surface area (Å²) in [5.41, 5.74) is 4.68. The molecule has 0 aromatic rings. The van der Waals surface area contributed by atoms with E-state index in [-0.39, 0.29) is 34.8 Å². The number of rotatable bonds is 4. The molecule has 0 amide bonds. The van der Waals surface area contributed by atoms with Crippen LogP contribution in [0.25, 0.3) is 0 Å². The Morgan fingerprint density at radius 1 is 0.594 bits per heavy atom. The van der Waals surface area contributed by atoms with Gasteiger partial charge in [-0.25, -0.2) is 0 Å². The SMILES string of the molecule is C=C(C)[C@@H]1CC=C(C)C(=O)C1.C=C(I)[C@@H]1CC=C(C)C(=O)C1.C=C[C@@H]1CC=C(C)C(=O)C1.CC(=O)[C@@H]1CC=C(C)C(=O)C1.S=S=S=S=S=S=S=S=S.S=S=S=S=S=S=S=S=S=S.[2H]CF. The van der Waals surface area contributed by atoms with Crippen molar-refractivity contribution in [3.8, 4) is 0 Å². The van der Waals surface area contributed by atoms with Gasteiger partial charge in [0.2, 0.25) is 0 Å². The zero-order valence-corrected chi connectivity index (χ0v) is 53.4. The minimum absolute atomic E-state index is 0.0498. The summed E-state index contributed by atoms with van der Waals surface area (Å²) in [7, 11) is 22.6. The molecule has 0 aliphatic heterocycles. The second-order valence-electron chi connectivity index (χ2n) is 13.0. The first-order chi connectivity index (χ1) is 30.8. The average molecular weight is 1350 g/mol. The predicted octanol–water partition coefficient (Wildman–Crippen LogP) is 9.49. The van der Waals surface area contributed by atoms with E-state index < -0.39 is 7.15 Å². The van der Waals surface area contributed by atoms with Crippen LogP contribution in [0.1, 0.15) is 94.3 Å². The fraction of sp³-hybridized carbons (Fsp3) is 0.500. The first-order valence-corrected chi connectivity index (χ1v) is 41.8. The fourth-order valence-corrected chi connectivity index (χ4v) is 35.5. The van der Waals surface area contributed by atoms with E-state index in [1.807, 2.05) is 58.1 Å². The lowest BCUT2D eigenvalue weighted by atomic mass is 9.85. The Balaban J connectivity index is -0.000000702. The van der Waals surface area contributed by atoms with Crippen LogP contribution < -0.4 is 0 Å². The molecule has 362 valence electrons. The third kappa shape index (κ3) is 38.2. The first kappa shape index (κ1) is 67.4. The van der Waals surface area contributed by atoms with Crippen molar-refractivity contribution in [1.82, 2.24) is 0 Å². The van der Waals surface area contributed by atoms with Crippen LogP contribution in [0, 0.1) is 23.7 Å². The normalized spacial score (nSPS) is 19.1. The third-order valence-electron chi connectivity index (χ3n) is 8.76. The standard InChI is InChI=1S/C10H14O.C9H11IO.C9H12O2.C9H12O.CH3F.S10.S9/c1-7(2)9-5-4-8(3)10(11)6-9;2*1-6-3-4-8(7(2)10)5-9(6)11;1-3-8-5-4-7(2)9(10)6-8;1-2;1-3-5-7-9-10-8-6-4-2;1-3-5-7-9-8-6-4-2/h4,9H,1,5-6H2,2-3H3;3,8H,2,4-5H2,1H3;3,8H,4-5H2,1-2H3;3-4,8H,1,5-6H2,2H3;1H3;;/t9-;3*8-;;;/m1111.../s1/i;;;;1D;;. The van der Waals surface area contributed by atoms with Crippen LogP contribution in [0.5, 0.6) is 0 Å². The van der Waals surface area contributed by atoms with Crippen LogP contribution in [0.15, 0.2) is 81.6 Å². The van der Waals surface area contributed by atoms with E-state index in [0.717, 1.165) is 57.1 Å². The maximum atomic E-state index is 11.2. The summed E-state index contributed by atoms with van der Waals surface area (Å²) in [6.07, 6.45) is 15.9. The summed E-state index contributed by atoms with van der Waals surface area (Å²) in [5, 5.41) is 0. The molecule has 0 heterocycles. The highest BCUT2D eigenvalue weighted by Crippen LogP contribution is 2.29. The lowest BCUT2D eigenvalue weighted by Gasteiger charge is -2.18. The number of carbonyl (C=O) groups is 5. The van der Waals surface area contributed by atoms with Gasteiger partial charge in [-0.3, -0.25) is 28.4 Å². The van der Waals surface area contributed by atoms with E-state index in [1.54, 1.807) is 112 Å². The number of carbonyl (C=O) groups excluding carboxylic acids is 5. The Bertz CT molecular complexity index is 2340. The van der Waals surface area contributed by atoms with Crippen molar-refractivity contribution in [3.63, 3.8) is 0 Å². The number of hydrogen-bond donors (Lipinski definition) is 0. The van der Waals surface area contributed by atoms with Crippen LogP contribution in [0.3, 0.4) is 0 Å². The maximum absolute atomic E-state index is 11.2. The zero-order valence-electron chi connectivity index (χ0n) is 36.7. The molecule has 0 radical (unpaired) electrons.